The molecule has 0 amide bonds. The van der Waals surface area contributed by atoms with Gasteiger partial charge in [-0.25, -0.2) is 0 Å². The molecule has 3 nitrogen and oxygen atoms in total. The third kappa shape index (κ3) is 4.27. The normalized spacial score (nSPS) is 13.6. The lowest BCUT2D eigenvalue weighted by molar-refractivity contribution is 0.0498. The number of hydrogen-bond acceptors (Lipinski definition) is 3. The van der Waals surface area contributed by atoms with Crippen LogP contribution in [0.25, 0.3) is 0 Å². The monoisotopic (exact) mass is 291 g/mol. The molecule has 0 radical (unpaired) electrons. The van der Waals surface area contributed by atoms with E-state index >= 15 is 0 Å². The molecule has 0 aliphatic rings. The Kier molecular flexibility index (Phi) is 7.91. The van der Waals surface area contributed by atoms with Gasteiger partial charge in [0, 0.05) is 24.0 Å². The van der Waals surface area contributed by atoms with E-state index in [0.29, 0.717) is 6.04 Å². The third-order valence-corrected chi connectivity index (χ3v) is 4.91. The van der Waals surface area contributed by atoms with Crippen molar-refractivity contribution in [3.63, 3.8) is 0 Å². The molecule has 0 saturated heterocycles. The average molecular weight is 291 g/mol. The van der Waals surface area contributed by atoms with Gasteiger partial charge in [-0.2, -0.15) is 0 Å². The molecule has 1 aromatic rings. The van der Waals surface area contributed by atoms with Crippen molar-refractivity contribution in [3.05, 3.63) is 30.1 Å². The minimum Gasteiger partial charge on any atom is -0.312 e. The fourth-order valence-electron chi connectivity index (χ4n) is 3.72. The Morgan fingerprint density at radius 1 is 1.05 bits per heavy atom. The third-order valence-electron chi connectivity index (χ3n) is 4.91. The summed E-state index contributed by atoms with van der Waals surface area (Å²) in [5.74, 6) is 0. The number of nitrogens with zero attached hydrogens (tertiary/aromatic N) is 2. The molecule has 1 N–H and O–H groups in total. The van der Waals surface area contributed by atoms with E-state index in [-0.39, 0.29) is 5.54 Å². The van der Waals surface area contributed by atoms with Crippen LogP contribution in [0.1, 0.15) is 53.0 Å². The summed E-state index contributed by atoms with van der Waals surface area (Å²) in [7, 11) is 0. The summed E-state index contributed by atoms with van der Waals surface area (Å²) in [6.45, 7) is 14.7. The quantitative estimate of drug-likeness (QED) is 0.715. The summed E-state index contributed by atoms with van der Waals surface area (Å²) in [4.78, 5) is 6.78. The van der Waals surface area contributed by atoms with Gasteiger partial charge in [0.2, 0.25) is 0 Å². The fourth-order valence-corrected chi connectivity index (χ4v) is 3.72. The van der Waals surface area contributed by atoms with Crippen LogP contribution < -0.4 is 5.32 Å². The molecule has 0 saturated carbocycles. The lowest BCUT2D eigenvalue weighted by Gasteiger charge is -2.48. The minimum atomic E-state index is 0.225. The minimum absolute atomic E-state index is 0.225. The van der Waals surface area contributed by atoms with Crippen LogP contribution in [0, 0.1) is 0 Å². The first kappa shape index (κ1) is 18.1. The van der Waals surface area contributed by atoms with Crippen molar-refractivity contribution in [3.8, 4) is 0 Å². The number of likely N-dealkylation sites (N-methyl/N-ethyl adjacent to an activating group) is 2. The van der Waals surface area contributed by atoms with Crippen molar-refractivity contribution in [2.24, 2.45) is 0 Å². The van der Waals surface area contributed by atoms with Crippen molar-refractivity contribution in [1.82, 2.24) is 15.2 Å². The van der Waals surface area contributed by atoms with Crippen molar-refractivity contribution < 1.29 is 0 Å². The number of aromatic nitrogens is 1. The molecule has 120 valence electrons. The largest absolute Gasteiger partial charge is 0.312 e. The highest BCUT2D eigenvalue weighted by Crippen LogP contribution is 2.30. The molecular formula is C18H33N3. The summed E-state index contributed by atoms with van der Waals surface area (Å²) in [6.07, 6.45) is 7.21. The average Bonchev–Trinajstić information content (AvgIpc) is 2.53. The van der Waals surface area contributed by atoms with Crippen LogP contribution in [0.5, 0.6) is 0 Å². The van der Waals surface area contributed by atoms with Gasteiger partial charge in [-0.15, -0.1) is 0 Å². The van der Waals surface area contributed by atoms with Crippen molar-refractivity contribution in [2.45, 2.75) is 65.5 Å². The second kappa shape index (κ2) is 9.16. The van der Waals surface area contributed by atoms with Crippen LogP contribution in [0.15, 0.2) is 24.5 Å². The smallest absolute Gasteiger partial charge is 0.0360 e. The molecule has 0 spiro atoms. The van der Waals surface area contributed by atoms with Gasteiger partial charge in [0.1, 0.15) is 0 Å². The highest BCUT2D eigenvalue weighted by Gasteiger charge is 2.39. The van der Waals surface area contributed by atoms with Crippen LogP contribution in [0.2, 0.25) is 0 Å². The van der Waals surface area contributed by atoms with Gasteiger partial charge >= 0.3 is 0 Å². The highest BCUT2D eigenvalue weighted by atomic mass is 15.2. The SMILES string of the molecule is CCNC(Cc1ccncc1)C(CC)(CC)N(CC)CC. The molecule has 0 aliphatic carbocycles. The molecule has 1 unspecified atom stereocenters. The Morgan fingerprint density at radius 3 is 2.05 bits per heavy atom. The maximum absolute atomic E-state index is 4.14. The zero-order valence-corrected chi connectivity index (χ0v) is 14.5. The Hall–Kier alpha value is -0.930. The van der Waals surface area contributed by atoms with Crippen molar-refractivity contribution in [1.29, 1.82) is 0 Å². The van der Waals surface area contributed by atoms with Crippen LogP contribution in [-0.4, -0.2) is 41.1 Å². The van der Waals surface area contributed by atoms with Gasteiger partial charge in [-0.3, -0.25) is 9.88 Å². The molecule has 21 heavy (non-hydrogen) atoms. The lowest BCUT2D eigenvalue weighted by Crippen LogP contribution is -2.61. The predicted molar refractivity (Wildman–Crippen MR) is 91.6 cm³/mol. The van der Waals surface area contributed by atoms with Gasteiger partial charge in [-0.05, 0) is 56.6 Å². The molecule has 1 heterocycles. The summed E-state index contributed by atoms with van der Waals surface area (Å²) in [5, 5.41) is 3.76. The van der Waals surface area contributed by atoms with E-state index in [1.165, 1.54) is 18.4 Å². The molecule has 1 aromatic heterocycles. The maximum atomic E-state index is 4.14. The van der Waals surface area contributed by atoms with Crippen LogP contribution in [-0.2, 0) is 6.42 Å². The zero-order valence-electron chi connectivity index (χ0n) is 14.5. The highest BCUT2D eigenvalue weighted by molar-refractivity contribution is 5.14. The Balaban J connectivity index is 3.07. The summed E-state index contributed by atoms with van der Waals surface area (Å²) >= 11 is 0. The topological polar surface area (TPSA) is 28.2 Å². The zero-order chi connectivity index (χ0) is 15.7. The van der Waals surface area contributed by atoms with Crippen molar-refractivity contribution in [2.75, 3.05) is 19.6 Å². The molecular weight excluding hydrogens is 258 g/mol. The molecule has 0 bridgehead atoms. The number of hydrogen-bond donors (Lipinski definition) is 1. The second-order valence-corrected chi connectivity index (χ2v) is 5.65. The molecule has 3 heteroatoms. The van der Waals surface area contributed by atoms with Gasteiger partial charge in [0.25, 0.3) is 0 Å². The van der Waals surface area contributed by atoms with E-state index in [1.54, 1.807) is 0 Å². The maximum Gasteiger partial charge on any atom is 0.0360 e. The Morgan fingerprint density at radius 2 is 1.62 bits per heavy atom. The predicted octanol–water partition coefficient (Wildman–Crippen LogP) is 3.50. The first-order valence-electron chi connectivity index (χ1n) is 8.55. The van der Waals surface area contributed by atoms with Gasteiger partial charge in [0.05, 0.1) is 0 Å². The van der Waals surface area contributed by atoms with Gasteiger partial charge in [0.15, 0.2) is 0 Å². The van der Waals surface area contributed by atoms with E-state index in [2.05, 4.69) is 62.0 Å². The van der Waals surface area contributed by atoms with Crippen LogP contribution in [0.3, 0.4) is 0 Å². The number of pyridine rings is 1. The van der Waals surface area contributed by atoms with Gasteiger partial charge < -0.3 is 5.32 Å². The van der Waals surface area contributed by atoms with Crippen molar-refractivity contribution >= 4 is 0 Å². The number of rotatable bonds is 10. The van der Waals surface area contributed by atoms with Crippen LogP contribution >= 0.6 is 0 Å². The second-order valence-electron chi connectivity index (χ2n) is 5.65. The first-order chi connectivity index (χ1) is 10.2. The van der Waals surface area contributed by atoms with E-state index in [9.17, 15) is 0 Å². The summed E-state index contributed by atoms with van der Waals surface area (Å²) in [6, 6.07) is 4.76. The Bertz CT molecular complexity index is 369. The molecule has 0 aliphatic heterocycles. The van der Waals surface area contributed by atoms with E-state index < -0.39 is 0 Å². The molecule has 0 aromatic carbocycles. The first-order valence-corrected chi connectivity index (χ1v) is 8.55. The van der Waals surface area contributed by atoms with E-state index in [0.717, 1.165) is 26.1 Å². The van der Waals surface area contributed by atoms with E-state index in [4.69, 9.17) is 0 Å². The molecule has 1 rings (SSSR count). The summed E-state index contributed by atoms with van der Waals surface area (Å²) in [5.41, 5.74) is 1.59. The molecule has 0 fully saturated rings. The van der Waals surface area contributed by atoms with E-state index in [1.807, 2.05) is 12.4 Å². The fraction of sp³-hybridized carbons (Fsp3) is 0.722. The molecule has 1 atom stereocenters. The standard InChI is InChI=1S/C18H33N3/c1-6-18(7-2,21(9-4)10-5)17(20-8-3)15-16-11-13-19-14-12-16/h11-14,17,20H,6-10,15H2,1-5H3. The van der Waals surface area contributed by atoms with Gasteiger partial charge in [-0.1, -0.05) is 34.6 Å². The Labute approximate surface area is 131 Å². The lowest BCUT2D eigenvalue weighted by atomic mass is 9.79. The van der Waals surface area contributed by atoms with Crippen LogP contribution in [0.4, 0.5) is 0 Å². The summed E-state index contributed by atoms with van der Waals surface area (Å²) < 4.78 is 0. The number of nitrogens with one attached hydrogen (secondary N) is 1.